The molecule has 0 spiro atoms. The molecule has 2 aromatic heterocycles. The number of hydrogen-bond donors (Lipinski definition) is 2. The second kappa shape index (κ2) is 9.43. The van der Waals surface area contributed by atoms with Crippen LogP contribution in [0.3, 0.4) is 0 Å². The van der Waals surface area contributed by atoms with Crippen LogP contribution in [0.1, 0.15) is 33.6 Å². The lowest BCUT2D eigenvalue weighted by molar-refractivity contribution is 0.100. The Hall–Kier alpha value is -3.99. The van der Waals surface area contributed by atoms with E-state index in [4.69, 9.17) is 11.0 Å². The van der Waals surface area contributed by atoms with Crippen LogP contribution in [0.4, 0.5) is 15.9 Å². The van der Waals surface area contributed by atoms with Crippen LogP contribution < -0.4 is 16.0 Å². The molecule has 4 rings (SSSR count). The fraction of sp³-hybridized carbons (Fsp3) is 0.250. The van der Waals surface area contributed by atoms with Gasteiger partial charge in [0.25, 0.3) is 5.91 Å². The molecule has 0 radical (unpaired) electrons. The summed E-state index contributed by atoms with van der Waals surface area (Å²) in [7, 11) is 0. The molecular weight excluding hydrogens is 407 g/mol. The minimum Gasteiger partial charge on any atom is -0.378 e. The largest absolute Gasteiger partial charge is 0.378 e. The Kier molecular flexibility index (Phi) is 6.26. The molecule has 2 atom stereocenters. The normalized spacial score (nSPS) is 18.1. The van der Waals surface area contributed by atoms with E-state index in [0.29, 0.717) is 36.5 Å². The summed E-state index contributed by atoms with van der Waals surface area (Å²) in [6, 6.07) is 16.6. The Morgan fingerprint density at radius 3 is 2.69 bits per heavy atom. The zero-order valence-corrected chi connectivity index (χ0v) is 17.4. The molecule has 0 aliphatic carbocycles. The summed E-state index contributed by atoms with van der Waals surface area (Å²) in [5.41, 5.74) is 8.58. The molecule has 3 aromatic rings. The van der Waals surface area contributed by atoms with E-state index in [1.807, 2.05) is 41.3 Å². The van der Waals surface area contributed by atoms with Gasteiger partial charge in [0, 0.05) is 31.1 Å². The van der Waals surface area contributed by atoms with Gasteiger partial charge in [-0.2, -0.15) is 5.26 Å². The van der Waals surface area contributed by atoms with Gasteiger partial charge in [0.15, 0.2) is 0 Å². The maximum atomic E-state index is 15.1. The van der Waals surface area contributed by atoms with Crippen LogP contribution >= 0.6 is 0 Å². The van der Waals surface area contributed by atoms with Gasteiger partial charge in [-0.15, -0.1) is 0 Å². The molecule has 1 aliphatic rings. The molecule has 1 amide bonds. The van der Waals surface area contributed by atoms with E-state index in [9.17, 15) is 4.79 Å². The number of nitrogens with zero attached hydrogens (tertiary/aromatic N) is 4. The third kappa shape index (κ3) is 4.83. The van der Waals surface area contributed by atoms with Gasteiger partial charge in [0.2, 0.25) is 0 Å². The van der Waals surface area contributed by atoms with Crippen molar-refractivity contribution in [1.82, 2.24) is 9.97 Å². The highest BCUT2D eigenvalue weighted by Crippen LogP contribution is 2.25. The number of primary amides is 1. The second-order valence-electron chi connectivity index (χ2n) is 7.77. The number of nitrogens with one attached hydrogen (secondary N) is 1. The number of nitriles is 1. The van der Waals surface area contributed by atoms with E-state index < -0.39 is 18.1 Å². The first kappa shape index (κ1) is 21.2. The minimum absolute atomic E-state index is 0.157. The second-order valence-corrected chi connectivity index (χ2v) is 7.77. The Bertz CT molecular complexity index is 1130. The number of benzene rings is 1. The lowest BCUT2D eigenvalue weighted by Gasteiger charge is -2.36. The summed E-state index contributed by atoms with van der Waals surface area (Å²) in [5, 5.41) is 12.1. The molecule has 3 heterocycles. The van der Waals surface area contributed by atoms with Crippen molar-refractivity contribution >= 4 is 17.4 Å². The monoisotopic (exact) mass is 430 g/mol. The summed E-state index contributed by atoms with van der Waals surface area (Å²) >= 11 is 0. The number of anilines is 2. The fourth-order valence-electron chi connectivity index (χ4n) is 3.83. The lowest BCUT2D eigenvalue weighted by atomic mass is 10.0. The van der Waals surface area contributed by atoms with Gasteiger partial charge < -0.3 is 16.0 Å². The average Bonchev–Trinajstić information content (AvgIpc) is 2.81. The molecule has 8 heteroatoms. The first-order chi connectivity index (χ1) is 15.5. The number of carbonyl (C=O) groups is 1. The zero-order valence-electron chi connectivity index (χ0n) is 17.4. The first-order valence-electron chi connectivity index (χ1n) is 10.4. The van der Waals surface area contributed by atoms with Gasteiger partial charge in [-0.05, 0) is 30.2 Å². The number of aromatic nitrogens is 2. The highest BCUT2D eigenvalue weighted by Gasteiger charge is 2.30. The number of amides is 1. The molecule has 1 aromatic carbocycles. The molecule has 1 fully saturated rings. The Morgan fingerprint density at radius 2 is 2.03 bits per heavy atom. The highest BCUT2D eigenvalue weighted by atomic mass is 19.1. The molecular formula is C24H23FN6O. The molecule has 0 unspecified atom stereocenters. The smallest absolute Gasteiger partial charge is 0.252 e. The van der Waals surface area contributed by atoms with Crippen molar-refractivity contribution in [1.29, 1.82) is 5.26 Å². The van der Waals surface area contributed by atoms with Crippen LogP contribution in [-0.2, 0) is 6.42 Å². The number of piperidine rings is 1. The molecule has 7 nitrogen and oxygen atoms in total. The molecule has 32 heavy (non-hydrogen) atoms. The van der Waals surface area contributed by atoms with Crippen LogP contribution in [0, 0.1) is 11.3 Å². The van der Waals surface area contributed by atoms with Gasteiger partial charge in [0.05, 0.1) is 29.4 Å². The number of alkyl halides is 1. The summed E-state index contributed by atoms with van der Waals surface area (Å²) in [6.07, 6.45) is 2.85. The van der Waals surface area contributed by atoms with Crippen molar-refractivity contribution in [2.75, 3.05) is 23.3 Å². The third-order valence-corrected chi connectivity index (χ3v) is 5.54. The Labute approximate surface area is 185 Å². The molecule has 3 N–H and O–H groups in total. The average molecular weight is 430 g/mol. The molecule has 0 bridgehead atoms. The van der Waals surface area contributed by atoms with Crippen molar-refractivity contribution in [3.05, 3.63) is 83.3 Å². The van der Waals surface area contributed by atoms with Crippen LogP contribution in [0.5, 0.6) is 0 Å². The van der Waals surface area contributed by atoms with Crippen molar-refractivity contribution in [2.24, 2.45) is 5.73 Å². The van der Waals surface area contributed by atoms with Gasteiger partial charge in [-0.1, -0.05) is 30.3 Å². The molecule has 1 aliphatic heterocycles. The van der Waals surface area contributed by atoms with Crippen molar-refractivity contribution in [2.45, 2.75) is 25.1 Å². The van der Waals surface area contributed by atoms with Crippen LogP contribution in [-0.4, -0.2) is 41.2 Å². The van der Waals surface area contributed by atoms with E-state index in [1.54, 1.807) is 18.2 Å². The number of hydrogen-bond acceptors (Lipinski definition) is 6. The minimum atomic E-state index is -1.19. The van der Waals surface area contributed by atoms with Gasteiger partial charge in [-0.3, -0.25) is 9.78 Å². The van der Waals surface area contributed by atoms with Crippen LogP contribution in [0.2, 0.25) is 0 Å². The number of carbonyl (C=O) groups excluding carboxylic acids is 1. The first-order valence-corrected chi connectivity index (χ1v) is 10.4. The lowest BCUT2D eigenvalue weighted by Crippen LogP contribution is -2.48. The predicted molar refractivity (Wildman–Crippen MR) is 120 cm³/mol. The number of pyridine rings is 2. The topological polar surface area (TPSA) is 108 Å². The Balaban J connectivity index is 1.48. The predicted octanol–water partition coefficient (Wildman–Crippen LogP) is 3.07. The number of rotatable bonds is 6. The molecule has 1 saturated heterocycles. The van der Waals surface area contributed by atoms with E-state index in [2.05, 4.69) is 15.3 Å². The highest BCUT2D eigenvalue weighted by molar-refractivity contribution is 5.98. The summed E-state index contributed by atoms with van der Waals surface area (Å²) in [6.45, 7) is 0.745. The maximum Gasteiger partial charge on any atom is 0.252 e. The standard InChI is InChI=1S/C24H23FN6O/c25-20-15-31(23-7-6-17(12-26)13-29-23)9-8-21(20)30-22-11-18(28-14-19(22)24(27)32)10-16-4-2-1-3-5-16/h1-7,11,13-14,20-21H,8-10,15H2,(H2,27,32)(H,28,30)/t20-,21+/m0/s1. The molecule has 0 saturated carbocycles. The van der Waals surface area contributed by atoms with E-state index >= 15 is 4.39 Å². The van der Waals surface area contributed by atoms with Crippen LogP contribution in [0.25, 0.3) is 0 Å². The number of halogens is 1. The van der Waals surface area contributed by atoms with Crippen molar-refractivity contribution < 1.29 is 9.18 Å². The summed E-state index contributed by atoms with van der Waals surface area (Å²) in [5.74, 6) is 0.0258. The van der Waals surface area contributed by atoms with Gasteiger partial charge in [0.1, 0.15) is 18.1 Å². The zero-order chi connectivity index (χ0) is 22.5. The van der Waals surface area contributed by atoms with Gasteiger partial charge >= 0.3 is 0 Å². The van der Waals surface area contributed by atoms with E-state index in [0.717, 1.165) is 11.3 Å². The van der Waals surface area contributed by atoms with Crippen LogP contribution in [0.15, 0.2) is 60.9 Å². The molecule has 162 valence electrons. The summed E-state index contributed by atoms with van der Waals surface area (Å²) < 4.78 is 15.1. The summed E-state index contributed by atoms with van der Waals surface area (Å²) in [4.78, 5) is 22.4. The van der Waals surface area contributed by atoms with Gasteiger partial charge in [-0.25, -0.2) is 9.37 Å². The number of nitrogens with two attached hydrogens (primary N) is 1. The fourth-order valence-corrected chi connectivity index (χ4v) is 3.83. The third-order valence-electron chi connectivity index (χ3n) is 5.54. The SMILES string of the molecule is N#Cc1ccc(N2CC[C@@H](Nc3cc(Cc4ccccc4)ncc3C(N)=O)[C@@H](F)C2)nc1. The van der Waals surface area contributed by atoms with Crippen molar-refractivity contribution in [3.8, 4) is 6.07 Å². The quantitative estimate of drug-likeness (QED) is 0.622. The Morgan fingerprint density at radius 1 is 1.22 bits per heavy atom. The maximum absolute atomic E-state index is 15.1. The van der Waals surface area contributed by atoms with Crippen molar-refractivity contribution in [3.63, 3.8) is 0 Å². The van der Waals surface area contributed by atoms with E-state index in [1.165, 1.54) is 12.4 Å². The van der Waals surface area contributed by atoms with E-state index in [-0.39, 0.29) is 12.1 Å².